The van der Waals surface area contributed by atoms with Crippen LogP contribution in [-0.4, -0.2) is 36.0 Å². The highest BCUT2D eigenvalue weighted by Gasteiger charge is 2.18. The molecule has 186 valence electrons. The maximum atomic E-state index is 12.4. The van der Waals surface area contributed by atoms with E-state index in [9.17, 15) is 4.79 Å². The number of amides is 1. The van der Waals surface area contributed by atoms with E-state index in [1.54, 1.807) is 19.0 Å². The number of aryl methyl sites for hydroxylation is 4. The van der Waals surface area contributed by atoms with Gasteiger partial charge < -0.3 is 14.4 Å². The number of carbonyl (C=O) groups excluding carboxylic acids is 1. The largest absolute Gasteiger partial charge is 0.490 e. The van der Waals surface area contributed by atoms with E-state index in [-0.39, 0.29) is 12.0 Å². The normalized spacial score (nSPS) is 11.0. The summed E-state index contributed by atoms with van der Waals surface area (Å²) in [5.74, 6) is 1.41. The summed E-state index contributed by atoms with van der Waals surface area (Å²) < 4.78 is 12.5. The van der Waals surface area contributed by atoms with E-state index in [4.69, 9.17) is 14.5 Å². The van der Waals surface area contributed by atoms with Crippen LogP contribution in [-0.2, 0) is 19.4 Å². The Labute approximate surface area is 210 Å². The van der Waals surface area contributed by atoms with Crippen LogP contribution in [0.25, 0.3) is 11.3 Å². The summed E-state index contributed by atoms with van der Waals surface area (Å²) >= 11 is 0. The molecule has 0 atom stereocenters. The fraction of sp³-hybridized carbons (Fsp3) is 0.400. The molecule has 0 N–H and O–H groups in total. The number of hydrogen-bond donors (Lipinski definition) is 0. The van der Waals surface area contributed by atoms with Crippen LogP contribution in [0.2, 0.25) is 0 Å². The second kappa shape index (κ2) is 11.4. The standard InChI is InChI=1S/C30H38N2O3/c1-9-22-12-11-13-23(10-2)29(22)26-17-28(35-19(3)4)25(21(6)31-26)18-34-27-16-24(15-14-20(27)5)30(33)32(7)8/h11-17,19H,9-10,18H2,1-8H3. The molecule has 1 amide bonds. The third kappa shape index (κ3) is 6.02. The Kier molecular flexibility index (Phi) is 8.55. The molecular formula is C30H38N2O3. The highest BCUT2D eigenvalue weighted by atomic mass is 16.5. The lowest BCUT2D eigenvalue weighted by atomic mass is 9.94. The Morgan fingerprint density at radius 3 is 2.20 bits per heavy atom. The lowest BCUT2D eigenvalue weighted by molar-refractivity contribution is 0.0827. The van der Waals surface area contributed by atoms with E-state index in [0.717, 1.165) is 41.1 Å². The van der Waals surface area contributed by atoms with Crippen molar-refractivity contribution in [1.82, 2.24) is 9.88 Å². The smallest absolute Gasteiger partial charge is 0.253 e. The van der Waals surface area contributed by atoms with E-state index >= 15 is 0 Å². The maximum absolute atomic E-state index is 12.4. The monoisotopic (exact) mass is 474 g/mol. The van der Waals surface area contributed by atoms with Crippen molar-refractivity contribution in [3.8, 4) is 22.8 Å². The van der Waals surface area contributed by atoms with Gasteiger partial charge in [-0.3, -0.25) is 9.78 Å². The molecule has 1 heterocycles. The van der Waals surface area contributed by atoms with Crippen molar-refractivity contribution in [2.24, 2.45) is 0 Å². The fourth-order valence-corrected chi connectivity index (χ4v) is 4.20. The highest BCUT2D eigenvalue weighted by molar-refractivity contribution is 5.94. The van der Waals surface area contributed by atoms with Gasteiger partial charge >= 0.3 is 0 Å². The minimum atomic E-state index is -0.0535. The van der Waals surface area contributed by atoms with Crippen LogP contribution in [0.1, 0.15) is 66.0 Å². The Balaban J connectivity index is 2.02. The first-order chi connectivity index (χ1) is 16.7. The summed E-state index contributed by atoms with van der Waals surface area (Å²) in [6, 6.07) is 14.1. The van der Waals surface area contributed by atoms with Crippen LogP contribution in [0.15, 0.2) is 42.5 Å². The van der Waals surface area contributed by atoms with E-state index in [2.05, 4.69) is 38.1 Å². The Hall–Kier alpha value is -3.34. The third-order valence-corrected chi connectivity index (χ3v) is 6.12. The molecule has 0 fully saturated rings. The molecular weight excluding hydrogens is 436 g/mol. The summed E-state index contributed by atoms with van der Waals surface area (Å²) in [5, 5.41) is 0. The van der Waals surface area contributed by atoms with Crippen LogP contribution < -0.4 is 9.47 Å². The van der Waals surface area contributed by atoms with Crippen molar-refractivity contribution in [1.29, 1.82) is 0 Å². The number of rotatable bonds is 9. The maximum Gasteiger partial charge on any atom is 0.253 e. The zero-order valence-corrected chi connectivity index (χ0v) is 22.4. The number of benzene rings is 2. The molecule has 3 rings (SSSR count). The Morgan fingerprint density at radius 2 is 1.63 bits per heavy atom. The quantitative estimate of drug-likeness (QED) is 0.352. The number of aromatic nitrogens is 1. The van der Waals surface area contributed by atoms with E-state index in [1.165, 1.54) is 16.7 Å². The molecule has 3 aromatic rings. The van der Waals surface area contributed by atoms with Gasteiger partial charge in [0.2, 0.25) is 0 Å². The minimum absolute atomic E-state index is 0.0123. The lowest BCUT2D eigenvalue weighted by Gasteiger charge is -2.20. The molecule has 0 saturated carbocycles. The van der Waals surface area contributed by atoms with Gasteiger partial charge in [-0.1, -0.05) is 38.1 Å². The first-order valence-electron chi connectivity index (χ1n) is 12.4. The zero-order valence-electron chi connectivity index (χ0n) is 22.4. The predicted molar refractivity (Wildman–Crippen MR) is 142 cm³/mol. The van der Waals surface area contributed by atoms with Gasteiger partial charge in [0.15, 0.2) is 0 Å². The number of nitrogens with zero attached hydrogens (tertiary/aromatic N) is 2. The molecule has 0 aliphatic rings. The molecule has 0 bridgehead atoms. The fourth-order valence-electron chi connectivity index (χ4n) is 4.20. The van der Waals surface area contributed by atoms with E-state index < -0.39 is 0 Å². The highest BCUT2D eigenvalue weighted by Crippen LogP contribution is 2.34. The molecule has 5 nitrogen and oxygen atoms in total. The predicted octanol–water partition coefficient (Wildman–Crippen LogP) is 6.56. The van der Waals surface area contributed by atoms with Gasteiger partial charge in [-0.2, -0.15) is 0 Å². The zero-order chi connectivity index (χ0) is 25.7. The molecule has 5 heteroatoms. The van der Waals surface area contributed by atoms with Gasteiger partial charge in [0.05, 0.1) is 17.4 Å². The minimum Gasteiger partial charge on any atom is -0.490 e. The van der Waals surface area contributed by atoms with Crippen molar-refractivity contribution >= 4 is 5.91 Å². The average Bonchev–Trinajstić information content (AvgIpc) is 2.82. The van der Waals surface area contributed by atoms with Crippen LogP contribution in [0.4, 0.5) is 0 Å². The molecule has 0 unspecified atom stereocenters. The van der Waals surface area contributed by atoms with E-state index in [1.807, 2.05) is 45.9 Å². The number of pyridine rings is 1. The van der Waals surface area contributed by atoms with Crippen LogP contribution in [0.3, 0.4) is 0 Å². The molecule has 0 radical (unpaired) electrons. The first kappa shape index (κ1) is 26.3. The Bertz CT molecular complexity index is 1180. The van der Waals surface area contributed by atoms with Crippen molar-refractivity contribution in [3.05, 3.63) is 76.0 Å². The van der Waals surface area contributed by atoms with Crippen molar-refractivity contribution in [2.75, 3.05) is 14.1 Å². The second-order valence-corrected chi connectivity index (χ2v) is 9.36. The van der Waals surface area contributed by atoms with Gasteiger partial charge in [-0.15, -0.1) is 0 Å². The lowest BCUT2D eigenvalue weighted by Crippen LogP contribution is -2.21. The summed E-state index contributed by atoms with van der Waals surface area (Å²) in [4.78, 5) is 19.0. The topological polar surface area (TPSA) is 51.7 Å². The molecule has 35 heavy (non-hydrogen) atoms. The summed E-state index contributed by atoms with van der Waals surface area (Å²) in [6.07, 6.45) is 1.89. The number of ether oxygens (including phenoxy) is 2. The first-order valence-corrected chi connectivity index (χ1v) is 12.4. The molecule has 1 aromatic heterocycles. The second-order valence-electron chi connectivity index (χ2n) is 9.36. The third-order valence-electron chi connectivity index (χ3n) is 6.12. The van der Waals surface area contributed by atoms with Crippen LogP contribution in [0.5, 0.6) is 11.5 Å². The molecule has 2 aromatic carbocycles. The van der Waals surface area contributed by atoms with Crippen molar-refractivity contribution in [2.45, 2.75) is 67.1 Å². The van der Waals surface area contributed by atoms with Crippen LogP contribution in [0, 0.1) is 13.8 Å². The van der Waals surface area contributed by atoms with Crippen LogP contribution >= 0.6 is 0 Å². The molecule has 0 saturated heterocycles. The molecule has 0 aliphatic carbocycles. The van der Waals surface area contributed by atoms with E-state index in [0.29, 0.717) is 17.9 Å². The molecule has 0 aliphatic heterocycles. The number of hydrogen-bond acceptors (Lipinski definition) is 4. The average molecular weight is 475 g/mol. The Morgan fingerprint density at radius 1 is 0.971 bits per heavy atom. The molecule has 0 spiro atoms. The summed E-state index contributed by atoms with van der Waals surface area (Å²) in [6.45, 7) is 12.7. The van der Waals surface area contributed by atoms with Gasteiger partial charge in [0.25, 0.3) is 5.91 Å². The van der Waals surface area contributed by atoms with Gasteiger partial charge in [0, 0.05) is 37.0 Å². The SMILES string of the molecule is CCc1cccc(CC)c1-c1cc(OC(C)C)c(COc2cc(C(=O)N(C)C)ccc2C)c(C)n1. The summed E-state index contributed by atoms with van der Waals surface area (Å²) in [7, 11) is 3.49. The number of carbonyl (C=O) groups is 1. The van der Waals surface area contributed by atoms with Crippen molar-refractivity contribution < 1.29 is 14.3 Å². The van der Waals surface area contributed by atoms with Gasteiger partial charge in [0.1, 0.15) is 18.1 Å². The van der Waals surface area contributed by atoms with Gasteiger partial charge in [-0.25, -0.2) is 0 Å². The summed E-state index contributed by atoms with van der Waals surface area (Å²) in [5.41, 5.74) is 8.07. The van der Waals surface area contributed by atoms with Gasteiger partial charge in [-0.05, 0) is 69.4 Å². The van der Waals surface area contributed by atoms with Crippen molar-refractivity contribution in [3.63, 3.8) is 0 Å².